The Morgan fingerprint density at radius 2 is 1.72 bits per heavy atom. The molecule has 1 atom stereocenters. The van der Waals surface area contributed by atoms with E-state index in [0.717, 1.165) is 23.7 Å². The first-order valence-electron chi connectivity index (χ1n) is 6.98. The Morgan fingerprint density at radius 3 is 2.28 bits per heavy atom. The summed E-state index contributed by atoms with van der Waals surface area (Å²) in [6.45, 7) is 4.23. The Kier molecular flexibility index (Phi) is 4.90. The minimum atomic E-state index is 0.0453. The third-order valence-electron chi connectivity index (χ3n) is 3.69. The van der Waals surface area contributed by atoms with Crippen LogP contribution in [0.1, 0.15) is 50.6 Å². The van der Waals surface area contributed by atoms with Gasteiger partial charge in [0, 0.05) is 19.1 Å². The topological polar surface area (TPSA) is 29.3 Å². The molecule has 18 heavy (non-hydrogen) atoms. The lowest BCUT2D eigenvalue weighted by molar-refractivity contribution is 0.556. The molecule has 2 N–H and O–H groups in total. The van der Waals surface area contributed by atoms with E-state index in [2.05, 4.69) is 17.0 Å². The molecule has 0 aliphatic carbocycles. The number of halogens is 1. The van der Waals surface area contributed by atoms with Crippen LogP contribution in [-0.4, -0.2) is 13.1 Å². The van der Waals surface area contributed by atoms with Gasteiger partial charge in [-0.2, -0.15) is 0 Å². The van der Waals surface area contributed by atoms with Gasteiger partial charge < -0.3 is 10.6 Å². The summed E-state index contributed by atoms with van der Waals surface area (Å²) < 4.78 is 0. The van der Waals surface area contributed by atoms with Crippen molar-refractivity contribution in [3.8, 4) is 0 Å². The second-order valence-electron chi connectivity index (χ2n) is 5.25. The molecule has 2 nitrogen and oxygen atoms in total. The first-order chi connectivity index (χ1) is 8.68. The lowest BCUT2D eigenvalue weighted by atomic mass is 10.1. The summed E-state index contributed by atoms with van der Waals surface area (Å²) in [7, 11) is 0. The van der Waals surface area contributed by atoms with Gasteiger partial charge in [0.2, 0.25) is 0 Å². The van der Waals surface area contributed by atoms with E-state index in [9.17, 15) is 0 Å². The Balaban J connectivity index is 2.15. The van der Waals surface area contributed by atoms with Crippen molar-refractivity contribution in [2.75, 3.05) is 18.0 Å². The highest BCUT2D eigenvalue weighted by molar-refractivity contribution is 6.33. The third kappa shape index (κ3) is 3.39. The smallest absolute Gasteiger partial charge is 0.0642 e. The van der Waals surface area contributed by atoms with Crippen LogP contribution in [-0.2, 0) is 0 Å². The molecule has 1 fully saturated rings. The number of hydrogen-bond acceptors (Lipinski definition) is 2. The second-order valence-corrected chi connectivity index (χ2v) is 5.66. The van der Waals surface area contributed by atoms with Crippen LogP contribution in [0.5, 0.6) is 0 Å². The average Bonchev–Trinajstić information content (AvgIpc) is 2.29. The molecule has 1 aromatic rings. The van der Waals surface area contributed by atoms with Crippen molar-refractivity contribution in [3.05, 3.63) is 28.8 Å². The van der Waals surface area contributed by atoms with Crippen molar-refractivity contribution >= 4 is 17.3 Å². The summed E-state index contributed by atoms with van der Waals surface area (Å²) >= 11 is 6.40. The van der Waals surface area contributed by atoms with Crippen molar-refractivity contribution in [1.29, 1.82) is 0 Å². The number of nitrogens with two attached hydrogens (primary N) is 1. The van der Waals surface area contributed by atoms with Gasteiger partial charge in [0.1, 0.15) is 0 Å². The van der Waals surface area contributed by atoms with E-state index in [4.69, 9.17) is 17.3 Å². The minimum absolute atomic E-state index is 0.0453. The predicted molar refractivity (Wildman–Crippen MR) is 79.4 cm³/mol. The number of anilines is 1. The lowest BCUT2D eigenvalue weighted by Gasteiger charge is -2.28. The Morgan fingerprint density at radius 1 is 1.11 bits per heavy atom. The monoisotopic (exact) mass is 266 g/mol. The normalized spacial score (nSPS) is 19.2. The molecule has 1 aliphatic rings. The molecule has 1 aliphatic heterocycles. The van der Waals surface area contributed by atoms with Crippen LogP contribution in [0.3, 0.4) is 0 Å². The Bertz CT molecular complexity index is 382. The molecule has 1 heterocycles. The first-order valence-corrected chi connectivity index (χ1v) is 7.36. The van der Waals surface area contributed by atoms with E-state index in [-0.39, 0.29) is 6.04 Å². The van der Waals surface area contributed by atoms with E-state index in [0.29, 0.717) is 0 Å². The summed E-state index contributed by atoms with van der Waals surface area (Å²) in [5, 5.41) is 0.838. The number of rotatable bonds is 2. The van der Waals surface area contributed by atoms with Crippen LogP contribution in [0, 0.1) is 0 Å². The zero-order chi connectivity index (χ0) is 13.0. The van der Waals surface area contributed by atoms with Crippen molar-refractivity contribution in [3.63, 3.8) is 0 Å². The largest absolute Gasteiger partial charge is 0.370 e. The number of hydrogen-bond donors (Lipinski definition) is 1. The van der Waals surface area contributed by atoms with Gasteiger partial charge in [-0.1, -0.05) is 36.9 Å². The summed E-state index contributed by atoms with van der Waals surface area (Å²) in [5.41, 5.74) is 8.16. The molecule has 0 unspecified atom stereocenters. The fraction of sp³-hybridized carbons (Fsp3) is 0.600. The summed E-state index contributed by atoms with van der Waals surface area (Å²) in [6, 6.07) is 6.29. The molecule has 1 aromatic carbocycles. The van der Waals surface area contributed by atoms with Crippen LogP contribution in [0.2, 0.25) is 5.02 Å². The van der Waals surface area contributed by atoms with E-state index >= 15 is 0 Å². The fourth-order valence-corrected chi connectivity index (χ4v) is 2.86. The molecule has 0 aromatic heterocycles. The third-order valence-corrected chi connectivity index (χ3v) is 4.00. The minimum Gasteiger partial charge on any atom is -0.370 e. The highest BCUT2D eigenvalue weighted by Gasteiger charge is 2.13. The van der Waals surface area contributed by atoms with Gasteiger partial charge in [-0.3, -0.25) is 0 Å². The summed E-state index contributed by atoms with van der Waals surface area (Å²) in [4.78, 5) is 2.42. The van der Waals surface area contributed by atoms with Gasteiger partial charge in [0.15, 0.2) is 0 Å². The van der Waals surface area contributed by atoms with Crippen LogP contribution >= 0.6 is 11.6 Å². The molecule has 0 spiro atoms. The summed E-state index contributed by atoms with van der Waals surface area (Å²) in [5.74, 6) is 0. The van der Waals surface area contributed by atoms with Gasteiger partial charge in [-0.05, 0) is 37.5 Å². The molecule has 0 bridgehead atoms. The predicted octanol–water partition coefficient (Wildman–Crippen LogP) is 4.13. The molecule has 2 rings (SSSR count). The summed E-state index contributed by atoms with van der Waals surface area (Å²) in [6.07, 6.45) is 6.60. The molecular formula is C15H23ClN2. The Hall–Kier alpha value is -0.730. The van der Waals surface area contributed by atoms with Gasteiger partial charge in [0.05, 0.1) is 10.7 Å². The van der Waals surface area contributed by atoms with Gasteiger partial charge in [0.25, 0.3) is 0 Å². The zero-order valence-electron chi connectivity index (χ0n) is 11.2. The second kappa shape index (κ2) is 6.44. The molecule has 0 radical (unpaired) electrons. The first kappa shape index (κ1) is 13.7. The lowest BCUT2D eigenvalue weighted by Crippen LogP contribution is -2.27. The van der Waals surface area contributed by atoms with Crippen LogP contribution in [0.25, 0.3) is 0 Å². The molecule has 0 saturated carbocycles. The van der Waals surface area contributed by atoms with E-state index < -0.39 is 0 Å². The van der Waals surface area contributed by atoms with Gasteiger partial charge in [-0.15, -0.1) is 0 Å². The highest BCUT2D eigenvalue weighted by Crippen LogP contribution is 2.30. The van der Waals surface area contributed by atoms with Crippen molar-refractivity contribution < 1.29 is 0 Å². The average molecular weight is 267 g/mol. The molecule has 0 amide bonds. The van der Waals surface area contributed by atoms with Crippen LogP contribution < -0.4 is 10.6 Å². The maximum atomic E-state index is 6.40. The maximum Gasteiger partial charge on any atom is 0.0642 e. The number of nitrogens with zero attached hydrogens (tertiary/aromatic N) is 1. The highest BCUT2D eigenvalue weighted by atomic mass is 35.5. The van der Waals surface area contributed by atoms with E-state index in [1.54, 1.807) is 0 Å². The standard InChI is InChI=1S/C15H23ClN2/c1-12(17)13-7-8-15(14(16)11-13)18-9-5-3-2-4-6-10-18/h7-8,11-12H,2-6,9-10,17H2,1H3/t12-/m0/s1. The van der Waals surface area contributed by atoms with Crippen molar-refractivity contribution in [2.24, 2.45) is 5.73 Å². The Labute approximate surface area is 115 Å². The maximum absolute atomic E-state index is 6.40. The molecule has 1 saturated heterocycles. The fourth-order valence-electron chi connectivity index (χ4n) is 2.55. The molecule has 3 heteroatoms. The van der Waals surface area contributed by atoms with E-state index in [1.807, 2.05) is 13.0 Å². The van der Waals surface area contributed by atoms with Gasteiger partial charge >= 0.3 is 0 Å². The van der Waals surface area contributed by atoms with Crippen LogP contribution in [0.15, 0.2) is 18.2 Å². The zero-order valence-corrected chi connectivity index (χ0v) is 11.9. The van der Waals surface area contributed by atoms with Crippen molar-refractivity contribution in [1.82, 2.24) is 0 Å². The molecular weight excluding hydrogens is 244 g/mol. The van der Waals surface area contributed by atoms with Crippen LogP contribution in [0.4, 0.5) is 5.69 Å². The van der Waals surface area contributed by atoms with E-state index in [1.165, 1.54) is 37.8 Å². The quantitative estimate of drug-likeness (QED) is 0.872. The van der Waals surface area contributed by atoms with Crippen molar-refractivity contribution in [2.45, 2.75) is 45.1 Å². The van der Waals surface area contributed by atoms with Gasteiger partial charge in [-0.25, -0.2) is 0 Å². The SMILES string of the molecule is C[C@H](N)c1ccc(N2CCCCCCC2)c(Cl)c1. The molecule has 100 valence electrons. The number of benzene rings is 1.